The second-order valence-corrected chi connectivity index (χ2v) is 3.43. The molecule has 2 aromatic rings. The average molecular weight is 259 g/mol. The van der Waals surface area contributed by atoms with E-state index in [1.165, 1.54) is 0 Å². The van der Waals surface area contributed by atoms with Gasteiger partial charge in [-0.25, -0.2) is 9.50 Å². The standard InChI is InChI=1S/C7H6IN3/c1-5-4-9-7-3-2-6(8)10-11(5)7/h2-4H,1H3. The van der Waals surface area contributed by atoms with Gasteiger partial charge in [-0.15, -0.1) is 0 Å². The van der Waals surface area contributed by atoms with Crippen LogP contribution in [-0.4, -0.2) is 14.6 Å². The van der Waals surface area contributed by atoms with E-state index in [9.17, 15) is 0 Å². The lowest BCUT2D eigenvalue weighted by atomic mass is 10.5. The summed E-state index contributed by atoms with van der Waals surface area (Å²) in [5.74, 6) is 0. The molecule has 0 aromatic carbocycles. The molecule has 0 aliphatic carbocycles. The van der Waals surface area contributed by atoms with Gasteiger partial charge in [0.05, 0.1) is 11.9 Å². The smallest absolute Gasteiger partial charge is 0.153 e. The first kappa shape index (κ1) is 7.02. The summed E-state index contributed by atoms with van der Waals surface area (Å²) >= 11 is 2.18. The highest BCUT2D eigenvalue weighted by molar-refractivity contribution is 14.1. The lowest BCUT2D eigenvalue weighted by Gasteiger charge is -1.93. The van der Waals surface area contributed by atoms with Crippen molar-refractivity contribution in [2.24, 2.45) is 0 Å². The second-order valence-electron chi connectivity index (χ2n) is 2.33. The summed E-state index contributed by atoms with van der Waals surface area (Å²) in [6, 6.07) is 3.91. The van der Waals surface area contributed by atoms with Gasteiger partial charge in [0.1, 0.15) is 3.70 Å². The van der Waals surface area contributed by atoms with Crippen LogP contribution in [0, 0.1) is 10.6 Å². The van der Waals surface area contributed by atoms with Crippen molar-refractivity contribution < 1.29 is 0 Å². The van der Waals surface area contributed by atoms with Crippen LogP contribution in [0.1, 0.15) is 5.69 Å². The molecule has 0 amide bonds. The zero-order valence-electron chi connectivity index (χ0n) is 5.95. The molecule has 3 nitrogen and oxygen atoms in total. The van der Waals surface area contributed by atoms with Crippen LogP contribution in [0.15, 0.2) is 18.3 Å². The summed E-state index contributed by atoms with van der Waals surface area (Å²) in [6.07, 6.45) is 1.82. The maximum Gasteiger partial charge on any atom is 0.153 e. The van der Waals surface area contributed by atoms with E-state index in [0.717, 1.165) is 15.0 Å². The molecule has 56 valence electrons. The molecular weight excluding hydrogens is 253 g/mol. The molecule has 0 spiro atoms. The first-order chi connectivity index (χ1) is 5.27. The van der Waals surface area contributed by atoms with Gasteiger partial charge in [0.15, 0.2) is 5.65 Å². The minimum Gasteiger partial charge on any atom is -0.235 e. The van der Waals surface area contributed by atoms with Crippen molar-refractivity contribution >= 4 is 28.2 Å². The molecule has 11 heavy (non-hydrogen) atoms. The van der Waals surface area contributed by atoms with Crippen LogP contribution in [0.25, 0.3) is 5.65 Å². The van der Waals surface area contributed by atoms with Crippen molar-refractivity contribution in [3.05, 3.63) is 27.7 Å². The van der Waals surface area contributed by atoms with Crippen LogP contribution >= 0.6 is 22.6 Å². The third kappa shape index (κ3) is 1.11. The van der Waals surface area contributed by atoms with E-state index in [1.54, 1.807) is 0 Å². The number of nitrogens with zero attached hydrogens (tertiary/aromatic N) is 3. The molecule has 2 aromatic heterocycles. The Bertz CT molecular complexity index is 393. The van der Waals surface area contributed by atoms with Crippen molar-refractivity contribution in [2.45, 2.75) is 6.92 Å². The highest BCUT2D eigenvalue weighted by atomic mass is 127. The van der Waals surface area contributed by atoms with Gasteiger partial charge in [0, 0.05) is 0 Å². The van der Waals surface area contributed by atoms with Crippen LogP contribution < -0.4 is 0 Å². The molecule has 2 rings (SSSR count). The summed E-state index contributed by atoms with van der Waals surface area (Å²) in [7, 11) is 0. The van der Waals surface area contributed by atoms with Crippen LogP contribution in [0.4, 0.5) is 0 Å². The number of aryl methyl sites for hydroxylation is 1. The van der Waals surface area contributed by atoms with E-state index in [-0.39, 0.29) is 0 Å². The van der Waals surface area contributed by atoms with E-state index in [0.29, 0.717) is 0 Å². The van der Waals surface area contributed by atoms with Gasteiger partial charge in [-0.05, 0) is 41.6 Å². The predicted molar refractivity (Wildman–Crippen MR) is 50.4 cm³/mol. The molecule has 0 N–H and O–H groups in total. The van der Waals surface area contributed by atoms with Gasteiger partial charge in [-0.3, -0.25) is 0 Å². The Labute approximate surface area is 77.6 Å². The van der Waals surface area contributed by atoms with E-state index in [4.69, 9.17) is 0 Å². The number of hydrogen-bond acceptors (Lipinski definition) is 2. The van der Waals surface area contributed by atoms with Crippen molar-refractivity contribution in [3.63, 3.8) is 0 Å². The van der Waals surface area contributed by atoms with Crippen LogP contribution in [0.3, 0.4) is 0 Å². The topological polar surface area (TPSA) is 30.2 Å². The minimum absolute atomic E-state index is 0.905. The molecular formula is C7H6IN3. The largest absolute Gasteiger partial charge is 0.235 e. The average Bonchev–Trinajstić information content (AvgIpc) is 2.33. The van der Waals surface area contributed by atoms with Gasteiger partial charge < -0.3 is 0 Å². The molecule has 0 saturated carbocycles. The maximum absolute atomic E-state index is 4.28. The Kier molecular flexibility index (Phi) is 1.56. The third-order valence-electron chi connectivity index (χ3n) is 1.50. The van der Waals surface area contributed by atoms with Crippen molar-refractivity contribution in [2.75, 3.05) is 0 Å². The number of rotatable bonds is 0. The van der Waals surface area contributed by atoms with Gasteiger partial charge >= 0.3 is 0 Å². The molecule has 0 aliphatic rings. The van der Waals surface area contributed by atoms with Gasteiger partial charge in [-0.2, -0.15) is 5.10 Å². The zero-order chi connectivity index (χ0) is 7.84. The van der Waals surface area contributed by atoms with Gasteiger partial charge in [0.25, 0.3) is 0 Å². The number of imidazole rings is 1. The second kappa shape index (κ2) is 2.44. The van der Waals surface area contributed by atoms with Crippen molar-refractivity contribution in [1.29, 1.82) is 0 Å². The first-order valence-electron chi connectivity index (χ1n) is 3.24. The number of fused-ring (bicyclic) bond motifs is 1. The Morgan fingerprint density at radius 3 is 3.09 bits per heavy atom. The fourth-order valence-corrected chi connectivity index (χ4v) is 1.36. The SMILES string of the molecule is Cc1cnc2ccc(I)nn12. The number of hydrogen-bond donors (Lipinski definition) is 0. The Morgan fingerprint density at radius 1 is 1.45 bits per heavy atom. The molecule has 4 heteroatoms. The highest BCUT2D eigenvalue weighted by Crippen LogP contribution is 2.05. The number of halogens is 1. The summed E-state index contributed by atoms with van der Waals surface area (Å²) in [6.45, 7) is 1.99. The fraction of sp³-hybridized carbons (Fsp3) is 0.143. The molecule has 0 aliphatic heterocycles. The number of aromatic nitrogens is 3. The molecule has 0 bridgehead atoms. The highest BCUT2D eigenvalue weighted by Gasteiger charge is 1.98. The zero-order valence-corrected chi connectivity index (χ0v) is 8.11. The molecule has 0 saturated heterocycles. The molecule has 0 atom stereocenters. The lowest BCUT2D eigenvalue weighted by Crippen LogP contribution is -1.94. The van der Waals surface area contributed by atoms with E-state index >= 15 is 0 Å². The quantitative estimate of drug-likeness (QED) is 0.673. The Balaban J connectivity index is 2.87. The Morgan fingerprint density at radius 2 is 2.27 bits per heavy atom. The molecule has 0 unspecified atom stereocenters. The monoisotopic (exact) mass is 259 g/mol. The van der Waals surface area contributed by atoms with Gasteiger partial charge in [-0.1, -0.05) is 0 Å². The summed E-state index contributed by atoms with van der Waals surface area (Å²) < 4.78 is 2.82. The van der Waals surface area contributed by atoms with E-state index in [1.807, 2.05) is 29.8 Å². The van der Waals surface area contributed by atoms with E-state index in [2.05, 4.69) is 32.7 Å². The third-order valence-corrected chi connectivity index (χ3v) is 2.08. The minimum atomic E-state index is 0.905. The Hall–Kier alpha value is -0.650. The summed E-state index contributed by atoms with van der Waals surface area (Å²) in [4.78, 5) is 4.16. The van der Waals surface area contributed by atoms with Crippen LogP contribution in [0.2, 0.25) is 0 Å². The van der Waals surface area contributed by atoms with Crippen molar-refractivity contribution in [3.8, 4) is 0 Å². The first-order valence-corrected chi connectivity index (χ1v) is 4.32. The maximum atomic E-state index is 4.28. The van der Waals surface area contributed by atoms with Crippen LogP contribution in [0.5, 0.6) is 0 Å². The summed E-state index contributed by atoms with van der Waals surface area (Å²) in [5.41, 5.74) is 1.97. The normalized spacial score (nSPS) is 10.7. The fourth-order valence-electron chi connectivity index (χ4n) is 0.966. The molecule has 0 fully saturated rings. The van der Waals surface area contributed by atoms with E-state index < -0.39 is 0 Å². The molecule has 0 radical (unpaired) electrons. The van der Waals surface area contributed by atoms with Crippen molar-refractivity contribution in [1.82, 2.24) is 14.6 Å². The predicted octanol–water partition coefficient (Wildman–Crippen LogP) is 1.64. The lowest BCUT2D eigenvalue weighted by molar-refractivity contribution is 0.881. The summed E-state index contributed by atoms with van der Waals surface area (Å²) in [5, 5.41) is 4.28. The van der Waals surface area contributed by atoms with Gasteiger partial charge in [0.2, 0.25) is 0 Å². The van der Waals surface area contributed by atoms with Crippen LogP contribution in [-0.2, 0) is 0 Å². The molecule has 2 heterocycles.